The molecule has 1 aromatic heterocycles. The molecular formula is C15H18N4O2S. The maximum absolute atomic E-state index is 12.1. The van der Waals surface area contributed by atoms with Crippen LogP contribution in [0.15, 0.2) is 24.3 Å². The Morgan fingerprint density at radius 1 is 1.32 bits per heavy atom. The second-order valence-electron chi connectivity index (χ2n) is 6.40. The summed E-state index contributed by atoms with van der Waals surface area (Å²) in [6, 6.07) is 7.86. The molecule has 4 rings (SSSR count). The van der Waals surface area contributed by atoms with Gasteiger partial charge in [0.15, 0.2) is 21.5 Å². The van der Waals surface area contributed by atoms with Crippen LogP contribution < -0.4 is 5.32 Å². The molecular weight excluding hydrogens is 300 g/mol. The van der Waals surface area contributed by atoms with E-state index in [9.17, 15) is 8.42 Å². The van der Waals surface area contributed by atoms with Crippen LogP contribution in [0, 0.1) is 0 Å². The van der Waals surface area contributed by atoms with Crippen LogP contribution in [-0.4, -0.2) is 34.7 Å². The highest BCUT2D eigenvalue weighted by atomic mass is 32.2. The van der Waals surface area contributed by atoms with E-state index in [0.717, 1.165) is 22.9 Å². The zero-order valence-electron chi connectivity index (χ0n) is 12.6. The molecule has 0 amide bonds. The minimum Gasteiger partial charge on any atom is -0.360 e. The van der Waals surface area contributed by atoms with Crippen molar-refractivity contribution in [2.75, 3.05) is 16.8 Å². The predicted molar refractivity (Wildman–Crippen MR) is 84.4 cm³/mol. The minimum absolute atomic E-state index is 0.0578. The summed E-state index contributed by atoms with van der Waals surface area (Å²) in [5.74, 6) is 1.94. The molecule has 1 spiro atoms. The van der Waals surface area contributed by atoms with E-state index in [2.05, 4.69) is 15.4 Å². The lowest BCUT2D eigenvalue weighted by molar-refractivity contribution is 0.338. The van der Waals surface area contributed by atoms with E-state index in [-0.39, 0.29) is 17.4 Å². The van der Waals surface area contributed by atoms with Crippen LogP contribution in [0.5, 0.6) is 0 Å². The highest BCUT2D eigenvalue weighted by Crippen LogP contribution is 2.42. The van der Waals surface area contributed by atoms with E-state index in [0.29, 0.717) is 6.42 Å². The van der Waals surface area contributed by atoms with E-state index in [1.165, 1.54) is 0 Å². The molecule has 0 bridgehead atoms. The summed E-state index contributed by atoms with van der Waals surface area (Å²) < 4.78 is 25.9. The Kier molecular flexibility index (Phi) is 2.70. The number of nitrogens with zero attached hydrogens (tertiary/aromatic N) is 3. The molecule has 0 radical (unpaired) electrons. The normalized spacial score (nSPS) is 25.0. The molecule has 116 valence electrons. The van der Waals surface area contributed by atoms with Crippen molar-refractivity contribution in [2.24, 2.45) is 0 Å². The molecule has 2 aliphatic rings. The summed E-state index contributed by atoms with van der Waals surface area (Å²) in [5.41, 5.74) is 1.19. The number of hydrogen-bond donors (Lipinski definition) is 1. The Morgan fingerprint density at radius 3 is 2.77 bits per heavy atom. The van der Waals surface area contributed by atoms with Gasteiger partial charge in [0, 0.05) is 23.6 Å². The van der Waals surface area contributed by atoms with Gasteiger partial charge in [0.05, 0.1) is 11.5 Å². The third kappa shape index (κ3) is 1.88. The Balaban J connectivity index is 1.96. The van der Waals surface area contributed by atoms with Crippen molar-refractivity contribution in [3.63, 3.8) is 0 Å². The highest BCUT2D eigenvalue weighted by Gasteiger charge is 2.48. The number of fused-ring (bicyclic) bond motifs is 4. The number of benzene rings is 1. The van der Waals surface area contributed by atoms with Crippen LogP contribution in [-0.2, 0) is 15.5 Å². The fourth-order valence-corrected chi connectivity index (χ4v) is 5.09. The largest absolute Gasteiger partial charge is 0.360 e. The first-order chi connectivity index (χ1) is 10.4. The average Bonchev–Trinajstić information content (AvgIpc) is 3.02. The molecule has 1 aromatic carbocycles. The van der Waals surface area contributed by atoms with Gasteiger partial charge in [0.1, 0.15) is 5.66 Å². The monoisotopic (exact) mass is 318 g/mol. The van der Waals surface area contributed by atoms with Gasteiger partial charge in [-0.1, -0.05) is 26.0 Å². The van der Waals surface area contributed by atoms with Gasteiger partial charge < -0.3 is 5.32 Å². The van der Waals surface area contributed by atoms with Gasteiger partial charge >= 0.3 is 0 Å². The Labute approximate surface area is 129 Å². The van der Waals surface area contributed by atoms with Gasteiger partial charge in [0.25, 0.3) is 0 Å². The van der Waals surface area contributed by atoms with Crippen LogP contribution in [0.1, 0.15) is 32.0 Å². The van der Waals surface area contributed by atoms with Gasteiger partial charge in [-0.25, -0.2) is 18.1 Å². The lowest BCUT2D eigenvalue weighted by Gasteiger charge is -2.36. The number of sulfone groups is 1. The minimum atomic E-state index is -3.06. The summed E-state index contributed by atoms with van der Waals surface area (Å²) in [4.78, 5) is 4.68. The second kappa shape index (κ2) is 4.32. The number of nitrogens with one attached hydrogen (secondary N) is 1. The SMILES string of the molecule is CC(C)c1nc2n(n1)[C@]1(CCS(=O)(=O)C1)Nc1ccccc1-2. The summed E-state index contributed by atoms with van der Waals surface area (Å²) in [5, 5.41) is 8.05. The highest BCUT2D eigenvalue weighted by molar-refractivity contribution is 7.91. The number of rotatable bonds is 1. The molecule has 1 N–H and O–H groups in total. The van der Waals surface area contributed by atoms with E-state index < -0.39 is 15.5 Å². The maximum atomic E-state index is 12.1. The molecule has 22 heavy (non-hydrogen) atoms. The van der Waals surface area contributed by atoms with Crippen molar-refractivity contribution in [3.8, 4) is 11.4 Å². The van der Waals surface area contributed by atoms with Gasteiger partial charge in [-0.2, -0.15) is 5.10 Å². The molecule has 0 unspecified atom stereocenters. The van der Waals surface area contributed by atoms with Crippen LogP contribution in [0.3, 0.4) is 0 Å². The van der Waals surface area contributed by atoms with E-state index in [4.69, 9.17) is 0 Å². The molecule has 6 nitrogen and oxygen atoms in total. The van der Waals surface area contributed by atoms with Crippen molar-refractivity contribution in [2.45, 2.75) is 31.8 Å². The van der Waals surface area contributed by atoms with E-state index >= 15 is 0 Å². The van der Waals surface area contributed by atoms with Crippen LogP contribution in [0.25, 0.3) is 11.4 Å². The summed E-state index contributed by atoms with van der Waals surface area (Å²) in [7, 11) is -3.06. The van der Waals surface area contributed by atoms with Crippen molar-refractivity contribution in [1.29, 1.82) is 0 Å². The number of hydrogen-bond acceptors (Lipinski definition) is 5. The van der Waals surface area contributed by atoms with E-state index in [1.807, 2.05) is 38.1 Å². The Morgan fingerprint density at radius 2 is 2.09 bits per heavy atom. The maximum Gasteiger partial charge on any atom is 0.162 e. The van der Waals surface area contributed by atoms with Crippen molar-refractivity contribution in [1.82, 2.24) is 14.8 Å². The zero-order chi connectivity index (χ0) is 15.5. The van der Waals surface area contributed by atoms with Crippen molar-refractivity contribution < 1.29 is 8.42 Å². The Bertz CT molecular complexity index is 856. The zero-order valence-corrected chi connectivity index (χ0v) is 13.4. The molecule has 1 fully saturated rings. The van der Waals surface area contributed by atoms with Gasteiger partial charge in [0.2, 0.25) is 0 Å². The first-order valence-electron chi connectivity index (χ1n) is 7.46. The quantitative estimate of drug-likeness (QED) is 0.870. The molecule has 2 aromatic rings. The van der Waals surface area contributed by atoms with Crippen LogP contribution >= 0.6 is 0 Å². The van der Waals surface area contributed by atoms with Crippen LogP contribution in [0.4, 0.5) is 5.69 Å². The first-order valence-corrected chi connectivity index (χ1v) is 9.28. The molecule has 1 saturated heterocycles. The van der Waals surface area contributed by atoms with Crippen molar-refractivity contribution in [3.05, 3.63) is 30.1 Å². The number of aromatic nitrogens is 3. The number of para-hydroxylation sites is 1. The third-order valence-corrected chi connectivity index (χ3v) is 6.11. The van der Waals surface area contributed by atoms with Crippen molar-refractivity contribution >= 4 is 15.5 Å². The van der Waals surface area contributed by atoms with Crippen LogP contribution in [0.2, 0.25) is 0 Å². The average molecular weight is 318 g/mol. The van der Waals surface area contributed by atoms with Gasteiger partial charge in [-0.15, -0.1) is 0 Å². The summed E-state index contributed by atoms with van der Waals surface area (Å²) in [6.07, 6.45) is 0.511. The summed E-state index contributed by atoms with van der Waals surface area (Å²) in [6.45, 7) is 4.08. The van der Waals surface area contributed by atoms with E-state index in [1.54, 1.807) is 4.68 Å². The second-order valence-corrected chi connectivity index (χ2v) is 8.59. The topological polar surface area (TPSA) is 76.9 Å². The fraction of sp³-hybridized carbons (Fsp3) is 0.467. The molecule has 3 heterocycles. The molecule has 1 atom stereocenters. The predicted octanol–water partition coefficient (Wildman–Crippen LogP) is 1.97. The smallest absolute Gasteiger partial charge is 0.162 e. The molecule has 0 aliphatic carbocycles. The molecule has 7 heteroatoms. The fourth-order valence-electron chi connectivity index (χ4n) is 3.23. The number of anilines is 1. The molecule has 2 aliphatic heterocycles. The van der Waals surface area contributed by atoms with Gasteiger partial charge in [-0.3, -0.25) is 0 Å². The standard InChI is InChI=1S/C15H18N4O2S/c1-10(2)13-16-14-11-5-3-4-6-12(11)17-15(19(14)18-13)7-8-22(20,21)9-15/h3-6,10,17H,7-9H2,1-2H3/t15-/m0/s1. The summed E-state index contributed by atoms with van der Waals surface area (Å²) >= 11 is 0. The Hall–Kier alpha value is -1.89. The lowest BCUT2D eigenvalue weighted by Crippen LogP contribution is -2.46. The molecule has 0 saturated carbocycles. The first kappa shape index (κ1) is 13.8. The van der Waals surface area contributed by atoms with Gasteiger partial charge in [-0.05, 0) is 12.1 Å². The third-order valence-electron chi connectivity index (χ3n) is 4.37. The lowest BCUT2D eigenvalue weighted by atomic mass is 10.0.